The molecule has 0 aliphatic carbocycles. The number of rotatable bonds is 4. The van der Waals surface area contributed by atoms with Gasteiger partial charge in [-0.15, -0.1) is 0 Å². The van der Waals surface area contributed by atoms with Crippen molar-refractivity contribution in [1.82, 2.24) is 10.5 Å². The summed E-state index contributed by atoms with van der Waals surface area (Å²) in [6.07, 6.45) is 0. The SMILES string of the molecule is C[C@@H](NC(=O)c1cc(-c2ccccc2)on1)c1ccc(F)cc1. The highest BCUT2D eigenvalue weighted by atomic mass is 19.1. The summed E-state index contributed by atoms with van der Waals surface area (Å²) in [5.74, 6) is -0.116. The number of nitrogens with one attached hydrogen (secondary N) is 1. The van der Waals surface area contributed by atoms with E-state index in [1.165, 1.54) is 12.1 Å². The zero-order valence-electron chi connectivity index (χ0n) is 12.5. The molecule has 2 aromatic carbocycles. The van der Waals surface area contributed by atoms with Crippen molar-refractivity contribution in [3.8, 4) is 11.3 Å². The molecular formula is C18H15FN2O2. The molecule has 23 heavy (non-hydrogen) atoms. The van der Waals surface area contributed by atoms with Gasteiger partial charge in [-0.3, -0.25) is 4.79 Å². The highest BCUT2D eigenvalue weighted by Gasteiger charge is 2.16. The van der Waals surface area contributed by atoms with Gasteiger partial charge in [0.1, 0.15) is 5.82 Å². The number of amides is 1. The van der Waals surface area contributed by atoms with Crippen LogP contribution in [-0.2, 0) is 0 Å². The Bertz CT molecular complexity index is 797. The summed E-state index contributed by atoms with van der Waals surface area (Å²) in [7, 11) is 0. The quantitative estimate of drug-likeness (QED) is 0.793. The molecule has 4 nitrogen and oxygen atoms in total. The zero-order valence-corrected chi connectivity index (χ0v) is 12.5. The van der Waals surface area contributed by atoms with E-state index in [1.54, 1.807) is 18.2 Å². The molecule has 0 unspecified atom stereocenters. The second-order valence-electron chi connectivity index (χ2n) is 5.19. The Morgan fingerprint density at radius 1 is 1.13 bits per heavy atom. The fourth-order valence-electron chi connectivity index (χ4n) is 2.23. The third kappa shape index (κ3) is 3.45. The highest BCUT2D eigenvalue weighted by molar-refractivity contribution is 5.93. The van der Waals surface area contributed by atoms with E-state index < -0.39 is 0 Å². The maximum absolute atomic E-state index is 12.9. The minimum absolute atomic E-state index is 0.206. The number of carbonyl (C=O) groups is 1. The maximum atomic E-state index is 12.9. The first-order chi connectivity index (χ1) is 11.1. The molecule has 1 N–H and O–H groups in total. The van der Waals surface area contributed by atoms with Gasteiger partial charge in [0.25, 0.3) is 5.91 Å². The number of aromatic nitrogens is 1. The lowest BCUT2D eigenvalue weighted by Crippen LogP contribution is -2.26. The van der Waals surface area contributed by atoms with Crippen molar-refractivity contribution in [2.45, 2.75) is 13.0 Å². The van der Waals surface area contributed by atoms with E-state index >= 15 is 0 Å². The van der Waals surface area contributed by atoms with Crippen LogP contribution in [0.5, 0.6) is 0 Å². The van der Waals surface area contributed by atoms with E-state index in [4.69, 9.17) is 4.52 Å². The van der Waals surface area contributed by atoms with Crippen LogP contribution in [-0.4, -0.2) is 11.1 Å². The molecule has 0 saturated heterocycles. The van der Waals surface area contributed by atoms with Crippen molar-refractivity contribution in [2.75, 3.05) is 0 Å². The van der Waals surface area contributed by atoms with E-state index in [-0.39, 0.29) is 23.5 Å². The van der Waals surface area contributed by atoms with Crippen LogP contribution in [0.4, 0.5) is 4.39 Å². The molecule has 0 radical (unpaired) electrons. The normalized spacial score (nSPS) is 11.9. The Morgan fingerprint density at radius 2 is 1.83 bits per heavy atom. The van der Waals surface area contributed by atoms with Gasteiger partial charge in [-0.25, -0.2) is 4.39 Å². The molecule has 0 fully saturated rings. The van der Waals surface area contributed by atoms with Gasteiger partial charge in [-0.1, -0.05) is 47.6 Å². The first kappa shape index (κ1) is 15.0. The Balaban J connectivity index is 1.71. The number of halogens is 1. The smallest absolute Gasteiger partial charge is 0.273 e. The molecule has 1 amide bonds. The van der Waals surface area contributed by atoms with Crippen LogP contribution in [0.15, 0.2) is 65.2 Å². The molecule has 5 heteroatoms. The molecule has 0 aliphatic rings. The molecule has 0 bridgehead atoms. The third-order valence-corrected chi connectivity index (χ3v) is 3.52. The minimum Gasteiger partial charge on any atom is -0.355 e. The average Bonchev–Trinajstić information content (AvgIpc) is 3.06. The van der Waals surface area contributed by atoms with Crippen molar-refractivity contribution in [3.05, 3.63) is 77.7 Å². The van der Waals surface area contributed by atoms with Crippen LogP contribution >= 0.6 is 0 Å². The van der Waals surface area contributed by atoms with Gasteiger partial charge < -0.3 is 9.84 Å². The second kappa shape index (κ2) is 6.44. The van der Waals surface area contributed by atoms with Gasteiger partial charge in [0.2, 0.25) is 0 Å². The third-order valence-electron chi connectivity index (χ3n) is 3.52. The van der Waals surface area contributed by atoms with Crippen molar-refractivity contribution < 1.29 is 13.7 Å². The van der Waals surface area contributed by atoms with E-state index in [1.807, 2.05) is 37.3 Å². The predicted molar refractivity (Wildman–Crippen MR) is 84.2 cm³/mol. The predicted octanol–water partition coefficient (Wildman–Crippen LogP) is 3.97. The molecular weight excluding hydrogens is 295 g/mol. The molecule has 3 aromatic rings. The summed E-state index contributed by atoms with van der Waals surface area (Å²) in [6.45, 7) is 1.82. The summed E-state index contributed by atoms with van der Waals surface area (Å²) < 4.78 is 18.1. The minimum atomic E-state index is -0.340. The average molecular weight is 310 g/mol. The maximum Gasteiger partial charge on any atom is 0.273 e. The van der Waals surface area contributed by atoms with E-state index in [2.05, 4.69) is 10.5 Å². The molecule has 1 heterocycles. The van der Waals surface area contributed by atoms with Crippen molar-refractivity contribution in [3.63, 3.8) is 0 Å². The fourth-order valence-corrected chi connectivity index (χ4v) is 2.23. The van der Waals surface area contributed by atoms with Crippen LogP contribution < -0.4 is 5.32 Å². The van der Waals surface area contributed by atoms with Crippen LogP contribution in [0.2, 0.25) is 0 Å². The molecule has 0 saturated carbocycles. The fraction of sp³-hybridized carbons (Fsp3) is 0.111. The first-order valence-corrected chi connectivity index (χ1v) is 7.22. The summed E-state index contributed by atoms with van der Waals surface area (Å²) >= 11 is 0. The monoisotopic (exact) mass is 310 g/mol. The van der Waals surface area contributed by atoms with Crippen molar-refractivity contribution in [1.29, 1.82) is 0 Å². The molecule has 1 atom stereocenters. The summed E-state index contributed by atoms with van der Waals surface area (Å²) in [4.78, 5) is 12.2. The molecule has 1 aromatic heterocycles. The van der Waals surface area contributed by atoms with Crippen LogP contribution in [0.1, 0.15) is 29.0 Å². The lowest BCUT2D eigenvalue weighted by atomic mass is 10.1. The number of hydrogen-bond donors (Lipinski definition) is 1. The second-order valence-corrected chi connectivity index (χ2v) is 5.19. The van der Waals surface area contributed by atoms with Gasteiger partial charge in [-0.2, -0.15) is 0 Å². The van der Waals surface area contributed by atoms with Crippen molar-refractivity contribution in [2.24, 2.45) is 0 Å². The zero-order chi connectivity index (χ0) is 16.2. The largest absolute Gasteiger partial charge is 0.355 e. The topological polar surface area (TPSA) is 55.1 Å². The van der Waals surface area contributed by atoms with E-state index in [0.717, 1.165) is 11.1 Å². The van der Waals surface area contributed by atoms with Gasteiger partial charge in [0, 0.05) is 11.6 Å². The van der Waals surface area contributed by atoms with Gasteiger partial charge in [-0.05, 0) is 24.6 Å². The number of hydrogen-bond acceptors (Lipinski definition) is 3. The van der Waals surface area contributed by atoms with E-state index in [9.17, 15) is 9.18 Å². The van der Waals surface area contributed by atoms with Crippen molar-refractivity contribution >= 4 is 5.91 Å². The van der Waals surface area contributed by atoms with Crippen LogP contribution in [0, 0.1) is 5.82 Å². The van der Waals surface area contributed by atoms with Gasteiger partial charge in [0.05, 0.1) is 6.04 Å². The van der Waals surface area contributed by atoms with Gasteiger partial charge >= 0.3 is 0 Å². The standard InChI is InChI=1S/C18H15FN2O2/c1-12(13-7-9-15(19)10-8-13)20-18(22)16-11-17(23-21-16)14-5-3-2-4-6-14/h2-12H,1H3,(H,20,22)/t12-/m1/s1. The Kier molecular flexibility index (Phi) is 4.19. The van der Waals surface area contributed by atoms with Gasteiger partial charge in [0.15, 0.2) is 11.5 Å². The number of carbonyl (C=O) groups excluding carboxylic acids is 1. The number of nitrogens with zero attached hydrogens (tertiary/aromatic N) is 1. The summed E-state index contributed by atoms with van der Waals surface area (Å²) in [5, 5.41) is 6.62. The number of benzene rings is 2. The summed E-state index contributed by atoms with van der Waals surface area (Å²) in [6, 6.07) is 16.8. The Labute approximate surface area is 132 Å². The first-order valence-electron chi connectivity index (χ1n) is 7.22. The molecule has 0 aliphatic heterocycles. The Morgan fingerprint density at radius 3 is 2.52 bits per heavy atom. The Hall–Kier alpha value is -2.95. The lowest BCUT2D eigenvalue weighted by Gasteiger charge is -2.12. The molecule has 116 valence electrons. The van der Waals surface area contributed by atoms with E-state index in [0.29, 0.717) is 5.76 Å². The van der Waals surface area contributed by atoms with Crippen LogP contribution in [0.3, 0.4) is 0 Å². The molecule has 3 rings (SSSR count). The summed E-state index contributed by atoms with van der Waals surface area (Å²) in [5.41, 5.74) is 1.87. The molecule has 0 spiro atoms. The highest BCUT2D eigenvalue weighted by Crippen LogP contribution is 2.20. The van der Waals surface area contributed by atoms with Crippen LogP contribution in [0.25, 0.3) is 11.3 Å². The lowest BCUT2D eigenvalue weighted by molar-refractivity contribution is 0.0931.